The van der Waals surface area contributed by atoms with Crippen molar-refractivity contribution in [2.45, 2.75) is 31.2 Å². The predicted octanol–water partition coefficient (Wildman–Crippen LogP) is 4.35. The topological polar surface area (TPSA) is 58.6 Å². The molecule has 2 heterocycles. The molecule has 1 spiro atoms. The highest BCUT2D eigenvalue weighted by Crippen LogP contribution is 2.44. The lowest BCUT2D eigenvalue weighted by Crippen LogP contribution is -2.48. The lowest BCUT2D eigenvalue weighted by molar-refractivity contribution is -0.147. The summed E-state index contributed by atoms with van der Waals surface area (Å²) in [6, 6.07) is 9.57. The maximum atomic E-state index is 12.6. The Morgan fingerprint density at radius 1 is 1.07 bits per heavy atom. The van der Waals surface area contributed by atoms with Crippen molar-refractivity contribution in [3.05, 3.63) is 64.2 Å². The van der Waals surface area contributed by atoms with E-state index >= 15 is 0 Å². The van der Waals surface area contributed by atoms with E-state index in [2.05, 4.69) is 5.32 Å². The number of nitrogens with one attached hydrogen (secondary N) is 1. The predicted molar refractivity (Wildman–Crippen MR) is 104 cm³/mol. The molecule has 2 aromatic carbocycles. The minimum absolute atomic E-state index is 0.125. The molecule has 9 heteroatoms. The molecule has 1 saturated heterocycles. The summed E-state index contributed by atoms with van der Waals surface area (Å²) < 4.78 is 43.9. The number of rotatable bonds is 1. The number of benzene rings is 2. The van der Waals surface area contributed by atoms with Gasteiger partial charge in [-0.3, -0.25) is 9.59 Å². The molecule has 2 amide bonds. The molecule has 158 valence electrons. The zero-order valence-electron chi connectivity index (χ0n) is 15.8. The van der Waals surface area contributed by atoms with Gasteiger partial charge < -0.3 is 15.0 Å². The molecule has 4 rings (SSSR count). The Morgan fingerprint density at radius 2 is 1.73 bits per heavy atom. The van der Waals surface area contributed by atoms with Gasteiger partial charge in [-0.25, -0.2) is 0 Å². The number of ether oxygens (including phenoxy) is 1. The molecule has 1 fully saturated rings. The lowest BCUT2D eigenvalue weighted by Gasteiger charge is -2.39. The minimum Gasteiger partial charge on any atom is -0.365 e. The first-order valence-electron chi connectivity index (χ1n) is 9.38. The number of amides is 2. The second-order valence-corrected chi connectivity index (χ2v) is 7.84. The highest BCUT2D eigenvalue weighted by atomic mass is 35.5. The summed E-state index contributed by atoms with van der Waals surface area (Å²) in [5.41, 5.74) is 0.905. The number of nitrogens with zero attached hydrogens (tertiary/aromatic N) is 1. The summed E-state index contributed by atoms with van der Waals surface area (Å²) >= 11 is 6.04. The maximum Gasteiger partial charge on any atom is 0.416 e. The first-order chi connectivity index (χ1) is 14.2. The van der Waals surface area contributed by atoms with Gasteiger partial charge in [-0.2, -0.15) is 13.2 Å². The molecule has 0 unspecified atom stereocenters. The number of fused-ring (bicyclic) bond motifs is 2. The van der Waals surface area contributed by atoms with Gasteiger partial charge in [0.25, 0.3) is 0 Å². The van der Waals surface area contributed by atoms with E-state index in [0.717, 1.165) is 35.4 Å². The molecule has 0 aromatic heterocycles. The number of carbonyl (C=O) groups is 2. The summed E-state index contributed by atoms with van der Waals surface area (Å²) in [5.74, 6) is -1.61. The summed E-state index contributed by atoms with van der Waals surface area (Å²) in [5, 5.41) is 3.00. The van der Waals surface area contributed by atoms with Gasteiger partial charge in [0.1, 0.15) is 0 Å². The third kappa shape index (κ3) is 3.89. The number of hydrogen-bond donors (Lipinski definition) is 1. The zero-order chi connectivity index (χ0) is 21.5. The van der Waals surface area contributed by atoms with Gasteiger partial charge in [0, 0.05) is 23.8 Å². The Bertz CT molecular complexity index is 984. The quantitative estimate of drug-likeness (QED) is 0.674. The van der Waals surface area contributed by atoms with E-state index in [4.69, 9.17) is 16.3 Å². The van der Waals surface area contributed by atoms with Crippen molar-refractivity contribution in [2.24, 2.45) is 0 Å². The number of likely N-dealkylation sites (tertiary alicyclic amines) is 1. The van der Waals surface area contributed by atoms with Crippen molar-refractivity contribution in [2.75, 3.05) is 18.4 Å². The molecule has 0 atom stereocenters. The van der Waals surface area contributed by atoms with E-state index in [0.29, 0.717) is 37.6 Å². The van der Waals surface area contributed by atoms with Crippen molar-refractivity contribution < 1.29 is 27.5 Å². The minimum atomic E-state index is -4.46. The smallest absolute Gasteiger partial charge is 0.365 e. The molecule has 2 aliphatic heterocycles. The van der Waals surface area contributed by atoms with E-state index in [1.165, 1.54) is 4.90 Å². The summed E-state index contributed by atoms with van der Waals surface area (Å²) in [6.45, 7) is 1.13. The van der Waals surface area contributed by atoms with E-state index in [9.17, 15) is 22.8 Å². The highest BCUT2D eigenvalue weighted by molar-refractivity contribution is 6.39. The van der Waals surface area contributed by atoms with Gasteiger partial charge >= 0.3 is 18.0 Å². The normalized spacial score (nSPS) is 17.7. The molecule has 5 nitrogen and oxygen atoms in total. The van der Waals surface area contributed by atoms with Gasteiger partial charge in [-0.1, -0.05) is 17.7 Å². The average molecular weight is 439 g/mol. The maximum absolute atomic E-state index is 12.6. The van der Waals surface area contributed by atoms with Gasteiger partial charge in [0.2, 0.25) is 0 Å². The average Bonchev–Trinajstić information content (AvgIpc) is 3.05. The summed E-state index contributed by atoms with van der Waals surface area (Å²) in [4.78, 5) is 26.2. The molecule has 0 bridgehead atoms. The van der Waals surface area contributed by atoms with Crippen molar-refractivity contribution in [1.29, 1.82) is 0 Å². The van der Waals surface area contributed by atoms with Crippen LogP contribution in [0.3, 0.4) is 0 Å². The molecule has 0 saturated carbocycles. The van der Waals surface area contributed by atoms with Crippen LogP contribution in [0.1, 0.15) is 29.5 Å². The Labute approximate surface area is 175 Å². The van der Waals surface area contributed by atoms with Crippen molar-refractivity contribution in [3.8, 4) is 0 Å². The molecule has 0 aliphatic carbocycles. The summed E-state index contributed by atoms with van der Waals surface area (Å²) in [7, 11) is 0. The van der Waals surface area contributed by atoms with Gasteiger partial charge in [0.15, 0.2) is 0 Å². The van der Waals surface area contributed by atoms with Gasteiger partial charge in [0.05, 0.1) is 17.8 Å². The fourth-order valence-electron chi connectivity index (χ4n) is 3.98. The summed E-state index contributed by atoms with van der Waals surface area (Å²) in [6.07, 6.45) is -3.38. The van der Waals surface area contributed by atoms with Crippen LogP contribution in [-0.2, 0) is 32.7 Å². The zero-order valence-corrected chi connectivity index (χ0v) is 16.5. The fourth-order valence-corrected chi connectivity index (χ4v) is 4.17. The van der Waals surface area contributed by atoms with Crippen LogP contribution in [0.2, 0.25) is 5.02 Å². The largest absolute Gasteiger partial charge is 0.416 e. The Balaban J connectivity index is 1.37. The Hall–Kier alpha value is -2.58. The molecular weight excluding hydrogens is 421 g/mol. The number of alkyl halides is 3. The molecule has 1 N–H and O–H groups in total. The van der Waals surface area contributed by atoms with E-state index < -0.39 is 29.2 Å². The molecular formula is C21H18ClF3N2O3. The van der Waals surface area contributed by atoms with Crippen LogP contribution in [0.25, 0.3) is 0 Å². The van der Waals surface area contributed by atoms with Crippen LogP contribution in [0.4, 0.5) is 18.9 Å². The Morgan fingerprint density at radius 3 is 2.37 bits per heavy atom. The van der Waals surface area contributed by atoms with Crippen molar-refractivity contribution in [1.82, 2.24) is 4.90 Å². The van der Waals surface area contributed by atoms with Crippen LogP contribution < -0.4 is 5.32 Å². The van der Waals surface area contributed by atoms with Crippen molar-refractivity contribution in [3.63, 3.8) is 0 Å². The van der Waals surface area contributed by atoms with Crippen molar-refractivity contribution >= 4 is 29.1 Å². The van der Waals surface area contributed by atoms with Crippen LogP contribution in [-0.4, -0.2) is 29.8 Å². The van der Waals surface area contributed by atoms with E-state index in [-0.39, 0.29) is 5.69 Å². The standard InChI is InChI=1S/C21H18ClF3N2O3/c22-15-3-6-17-13(11-15)12-30-20(17)7-9-27(10-8-20)19(29)18(28)26-16-4-1-14(2-5-16)21(23,24)25/h1-6,11H,7-10,12H2,(H,26,28). The number of anilines is 1. The first-order valence-corrected chi connectivity index (χ1v) is 9.76. The first kappa shape index (κ1) is 20.7. The monoisotopic (exact) mass is 438 g/mol. The third-order valence-electron chi connectivity index (χ3n) is 5.58. The number of piperidine rings is 1. The fraction of sp³-hybridized carbons (Fsp3) is 0.333. The second kappa shape index (κ2) is 7.59. The molecule has 30 heavy (non-hydrogen) atoms. The SMILES string of the molecule is O=C(Nc1ccc(C(F)(F)F)cc1)C(=O)N1CCC2(CC1)OCc1cc(Cl)ccc12. The van der Waals surface area contributed by atoms with E-state index in [1.54, 1.807) is 0 Å². The van der Waals surface area contributed by atoms with E-state index in [1.807, 2.05) is 18.2 Å². The third-order valence-corrected chi connectivity index (χ3v) is 5.82. The lowest BCUT2D eigenvalue weighted by atomic mass is 9.84. The van der Waals surface area contributed by atoms with Crippen LogP contribution in [0, 0.1) is 0 Å². The number of halogens is 4. The second-order valence-electron chi connectivity index (χ2n) is 7.41. The molecule has 0 radical (unpaired) electrons. The molecule has 2 aliphatic rings. The highest BCUT2D eigenvalue weighted by Gasteiger charge is 2.44. The van der Waals surface area contributed by atoms with Crippen LogP contribution in [0.5, 0.6) is 0 Å². The van der Waals surface area contributed by atoms with Gasteiger partial charge in [-0.05, 0) is 60.4 Å². The Kier molecular flexibility index (Phi) is 5.23. The van der Waals surface area contributed by atoms with Crippen LogP contribution in [0.15, 0.2) is 42.5 Å². The van der Waals surface area contributed by atoms with Crippen LogP contribution >= 0.6 is 11.6 Å². The number of carbonyl (C=O) groups excluding carboxylic acids is 2. The number of hydrogen-bond acceptors (Lipinski definition) is 3. The van der Waals surface area contributed by atoms with Gasteiger partial charge in [-0.15, -0.1) is 0 Å². The molecule has 2 aromatic rings.